The third kappa shape index (κ3) is 10.2. The molecule has 0 spiro atoms. The summed E-state index contributed by atoms with van der Waals surface area (Å²) in [4.78, 5) is 0. The van der Waals surface area contributed by atoms with Crippen LogP contribution in [0.3, 0.4) is 0 Å². The summed E-state index contributed by atoms with van der Waals surface area (Å²) < 4.78 is 5.39. The number of hydrogen-bond donors (Lipinski definition) is 3. The van der Waals surface area contributed by atoms with Crippen molar-refractivity contribution in [2.75, 3.05) is 26.2 Å². The van der Waals surface area contributed by atoms with E-state index in [4.69, 9.17) is 21.4 Å². The first kappa shape index (κ1) is 23.0. The zero-order valence-corrected chi connectivity index (χ0v) is 14.8. The molecule has 0 aromatic heterocycles. The first-order valence-electron chi connectivity index (χ1n) is 6.64. The molecule has 0 aliphatic heterocycles. The predicted octanol–water partition coefficient (Wildman–Crippen LogP) is 2.64. The lowest BCUT2D eigenvalue weighted by Gasteiger charge is -2.10. The molecule has 7 heteroatoms. The van der Waals surface area contributed by atoms with Crippen LogP contribution in [-0.2, 0) is 6.54 Å². The van der Waals surface area contributed by atoms with Crippen LogP contribution >= 0.6 is 36.4 Å². The topological polar surface area (TPSA) is 53.5 Å². The smallest absolute Gasteiger partial charge is 0.137 e. The Labute approximate surface area is 144 Å². The lowest BCUT2D eigenvalue weighted by atomic mass is 10.2. The van der Waals surface area contributed by atoms with Gasteiger partial charge >= 0.3 is 0 Å². The molecule has 3 N–H and O–H groups in total. The largest absolute Gasteiger partial charge is 0.492 e. The summed E-state index contributed by atoms with van der Waals surface area (Å²) in [5.41, 5.74) is 1.13. The molecule has 124 valence electrons. The minimum absolute atomic E-state index is 0. The van der Waals surface area contributed by atoms with E-state index in [9.17, 15) is 0 Å². The van der Waals surface area contributed by atoms with Crippen LogP contribution < -0.4 is 15.4 Å². The number of nitrogens with one attached hydrogen (secondary N) is 2. The summed E-state index contributed by atoms with van der Waals surface area (Å²) >= 11 is 6.11. The fourth-order valence-corrected chi connectivity index (χ4v) is 1.91. The molecule has 1 atom stereocenters. The van der Waals surface area contributed by atoms with E-state index < -0.39 is 0 Å². The van der Waals surface area contributed by atoms with Gasteiger partial charge in [-0.15, -0.1) is 24.8 Å². The molecular formula is C14H25Cl3N2O2. The van der Waals surface area contributed by atoms with Crippen molar-refractivity contribution in [1.82, 2.24) is 10.6 Å². The Morgan fingerprint density at radius 3 is 2.48 bits per heavy atom. The van der Waals surface area contributed by atoms with Crippen molar-refractivity contribution in [2.45, 2.75) is 26.5 Å². The van der Waals surface area contributed by atoms with Crippen molar-refractivity contribution in [3.63, 3.8) is 0 Å². The lowest BCUT2D eigenvalue weighted by Crippen LogP contribution is -2.31. The molecule has 1 unspecified atom stereocenters. The number of hydrogen-bond acceptors (Lipinski definition) is 4. The molecule has 0 fully saturated rings. The first-order valence-corrected chi connectivity index (χ1v) is 7.02. The van der Waals surface area contributed by atoms with Crippen LogP contribution in [0.1, 0.15) is 19.4 Å². The number of halogens is 3. The van der Waals surface area contributed by atoms with Gasteiger partial charge in [0, 0.05) is 26.2 Å². The molecule has 0 heterocycles. The second-order valence-corrected chi connectivity index (χ2v) is 4.83. The van der Waals surface area contributed by atoms with Crippen LogP contribution in [0, 0.1) is 0 Å². The molecule has 0 amide bonds. The number of aliphatic hydroxyl groups is 1. The predicted molar refractivity (Wildman–Crippen MR) is 93.4 cm³/mol. The summed E-state index contributed by atoms with van der Waals surface area (Å²) in [7, 11) is 0. The molecule has 21 heavy (non-hydrogen) atoms. The fraction of sp³-hybridized carbons (Fsp3) is 0.571. The Bertz CT molecular complexity index is 379. The number of rotatable bonds is 9. The van der Waals surface area contributed by atoms with Gasteiger partial charge in [-0.1, -0.05) is 17.7 Å². The Balaban J connectivity index is 0. The summed E-state index contributed by atoms with van der Waals surface area (Å²) in [5.74, 6) is 0.728. The van der Waals surface area contributed by atoms with Gasteiger partial charge in [0.05, 0.1) is 17.7 Å². The van der Waals surface area contributed by atoms with E-state index in [-0.39, 0.29) is 30.9 Å². The van der Waals surface area contributed by atoms with E-state index >= 15 is 0 Å². The van der Waals surface area contributed by atoms with E-state index in [0.717, 1.165) is 30.9 Å². The average Bonchev–Trinajstić information content (AvgIpc) is 2.36. The lowest BCUT2D eigenvalue weighted by molar-refractivity contribution is 0.191. The van der Waals surface area contributed by atoms with Gasteiger partial charge in [0.2, 0.25) is 0 Å². The second-order valence-electron chi connectivity index (χ2n) is 4.43. The summed E-state index contributed by atoms with van der Waals surface area (Å²) in [6.07, 6.45) is -0.301. The molecule has 0 saturated carbocycles. The van der Waals surface area contributed by atoms with Crippen molar-refractivity contribution < 1.29 is 9.84 Å². The Morgan fingerprint density at radius 2 is 1.90 bits per heavy atom. The average molecular weight is 360 g/mol. The monoisotopic (exact) mass is 358 g/mol. The molecule has 0 aliphatic carbocycles. The van der Waals surface area contributed by atoms with Gasteiger partial charge in [-0.25, -0.2) is 0 Å². The van der Waals surface area contributed by atoms with Crippen LogP contribution in [0.2, 0.25) is 5.02 Å². The number of ether oxygens (including phenoxy) is 1. The van der Waals surface area contributed by atoms with Gasteiger partial charge < -0.3 is 20.5 Å². The highest BCUT2D eigenvalue weighted by Crippen LogP contribution is 2.25. The van der Waals surface area contributed by atoms with Crippen LogP contribution in [-0.4, -0.2) is 37.5 Å². The highest BCUT2D eigenvalue weighted by atomic mass is 35.5. The zero-order valence-electron chi connectivity index (χ0n) is 12.4. The minimum Gasteiger partial charge on any atom is -0.492 e. The van der Waals surface area contributed by atoms with Gasteiger partial charge in [0.1, 0.15) is 5.75 Å². The Kier molecular flexibility index (Phi) is 14.7. The Morgan fingerprint density at radius 1 is 1.24 bits per heavy atom. The molecular weight excluding hydrogens is 335 g/mol. The molecule has 0 bridgehead atoms. The summed E-state index contributed by atoms with van der Waals surface area (Å²) in [6, 6.07) is 5.82. The van der Waals surface area contributed by atoms with Gasteiger partial charge in [-0.2, -0.15) is 0 Å². The van der Waals surface area contributed by atoms with Crippen molar-refractivity contribution in [3.05, 3.63) is 28.8 Å². The van der Waals surface area contributed by atoms with Crippen molar-refractivity contribution in [3.8, 4) is 5.75 Å². The summed E-state index contributed by atoms with van der Waals surface area (Å²) in [5, 5.41) is 16.2. The highest BCUT2D eigenvalue weighted by molar-refractivity contribution is 6.32. The maximum absolute atomic E-state index is 9.08. The molecule has 0 radical (unpaired) electrons. The zero-order chi connectivity index (χ0) is 14.1. The minimum atomic E-state index is -0.301. The van der Waals surface area contributed by atoms with Gasteiger partial charge in [-0.05, 0) is 31.5 Å². The number of aliphatic hydroxyl groups excluding tert-OH is 1. The Hall–Kier alpha value is -0.230. The van der Waals surface area contributed by atoms with E-state index in [1.165, 1.54) is 0 Å². The molecule has 1 rings (SSSR count). The quantitative estimate of drug-likeness (QED) is 0.593. The fourth-order valence-electron chi connectivity index (χ4n) is 1.65. The van der Waals surface area contributed by atoms with E-state index in [1.54, 1.807) is 6.92 Å². The van der Waals surface area contributed by atoms with Crippen LogP contribution in [0.5, 0.6) is 5.75 Å². The maximum atomic E-state index is 9.08. The molecule has 1 aromatic rings. The van der Waals surface area contributed by atoms with Gasteiger partial charge in [0.15, 0.2) is 0 Å². The first-order chi connectivity index (χ1) is 9.13. The molecule has 0 aliphatic rings. The molecule has 1 aromatic carbocycles. The van der Waals surface area contributed by atoms with Crippen LogP contribution in [0.15, 0.2) is 18.2 Å². The van der Waals surface area contributed by atoms with Crippen LogP contribution in [0.4, 0.5) is 0 Å². The maximum Gasteiger partial charge on any atom is 0.137 e. The van der Waals surface area contributed by atoms with Gasteiger partial charge in [-0.3, -0.25) is 0 Å². The van der Waals surface area contributed by atoms with E-state index in [2.05, 4.69) is 10.6 Å². The summed E-state index contributed by atoms with van der Waals surface area (Å²) in [6.45, 7) is 7.38. The van der Waals surface area contributed by atoms with Crippen LogP contribution in [0.25, 0.3) is 0 Å². The van der Waals surface area contributed by atoms with Gasteiger partial charge in [0.25, 0.3) is 0 Å². The normalized spacial score (nSPS) is 11.2. The van der Waals surface area contributed by atoms with Crippen molar-refractivity contribution in [2.24, 2.45) is 0 Å². The SMILES string of the molecule is CCOc1ccc(CNCCNCC(C)O)cc1Cl.Cl.Cl. The second kappa shape index (κ2) is 13.4. The number of benzene rings is 1. The van der Waals surface area contributed by atoms with Crippen molar-refractivity contribution >= 4 is 36.4 Å². The van der Waals surface area contributed by atoms with Crippen molar-refractivity contribution in [1.29, 1.82) is 0 Å². The van der Waals surface area contributed by atoms with E-state index in [0.29, 0.717) is 18.2 Å². The molecule has 0 saturated heterocycles. The molecule has 4 nitrogen and oxygen atoms in total. The highest BCUT2D eigenvalue weighted by Gasteiger charge is 2.02. The third-order valence-electron chi connectivity index (χ3n) is 2.54. The standard InChI is InChI=1S/C14H23ClN2O2.2ClH/c1-3-19-14-5-4-12(8-13(14)15)10-17-7-6-16-9-11(2)18;;/h4-5,8,11,16-18H,3,6-7,9-10H2,1-2H3;2*1H. The van der Waals surface area contributed by atoms with E-state index in [1.807, 2.05) is 25.1 Å². The third-order valence-corrected chi connectivity index (χ3v) is 2.84.